The van der Waals surface area contributed by atoms with E-state index in [0.717, 1.165) is 18.8 Å². The van der Waals surface area contributed by atoms with Crippen LogP contribution in [0.25, 0.3) is 0 Å². The third-order valence-electron chi connectivity index (χ3n) is 5.02. The first-order chi connectivity index (χ1) is 13.3. The zero-order chi connectivity index (χ0) is 20.2. The molecular weight excluding hydrogens is 371 g/mol. The fourth-order valence-corrected chi connectivity index (χ4v) is 3.57. The SMILES string of the molecule is C[C@]12CNC[C@@H]1c1cccc(OCc3ccccc3)c1CO2.O=CC(F)(F)F. The van der Waals surface area contributed by atoms with Crippen LogP contribution in [0.15, 0.2) is 48.5 Å². The Hall–Kier alpha value is -2.38. The van der Waals surface area contributed by atoms with Gasteiger partial charge in [-0.15, -0.1) is 0 Å². The van der Waals surface area contributed by atoms with E-state index in [9.17, 15) is 13.2 Å². The van der Waals surface area contributed by atoms with Crippen molar-refractivity contribution in [2.75, 3.05) is 13.1 Å². The monoisotopic (exact) mass is 393 g/mol. The van der Waals surface area contributed by atoms with Crippen molar-refractivity contribution in [3.8, 4) is 5.75 Å². The van der Waals surface area contributed by atoms with Crippen LogP contribution >= 0.6 is 0 Å². The number of hydrogen-bond acceptors (Lipinski definition) is 4. The summed E-state index contributed by atoms with van der Waals surface area (Å²) in [5.41, 5.74) is 3.70. The molecular formula is C21H22F3NO3. The van der Waals surface area contributed by atoms with Crippen molar-refractivity contribution >= 4 is 6.29 Å². The third-order valence-corrected chi connectivity index (χ3v) is 5.02. The summed E-state index contributed by atoms with van der Waals surface area (Å²) in [5, 5.41) is 3.46. The van der Waals surface area contributed by atoms with Crippen LogP contribution in [0.4, 0.5) is 13.2 Å². The van der Waals surface area contributed by atoms with E-state index in [0.29, 0.717) is 19.1 Å². The van der Waals surface area contributed by atoms with Crippen molar-refractivity contribution in [3.05, 3.63) is 65.2 Å². The number of carbonyl (C=O) groups excluding carboxylic acids is 1. The fourth-order valence-electron chi connectivity index (χ4n) is 3.57. The normalized spacial score (nSPS) is 23.1. The molecule has 1 saturated heterocycles. The number of alkyl halides is 3. The molecule has 2 aliphatic heterocycles. The van der Waals surface area contributed by atoms with Crippen molar-refractivity contribution < 1.29 is 27.4 Å². The third kappa shape index (κ3) is 4.72. The number of halogens is 3. The summed E-state index contributed by atoms with van der Waals surface area (Å²) < 4.78 is 43.5. The van der Waals surface area contributed by atoms with Gasteiger partial charge in [0, 0.05) is 24.6 Å². The van der Waals surface area contributed by atoms with Gasteiger partial charge >= 0.3 is 6.18 Å². The summed E-state index contributed by atoms with van der Waals surface area (Å²) in [6.07, 6.45) is -5.70. The molecule has 0 aliphatic carbocycles. The highest BCUT2D eigenvalue weighted by atomic mass is 19.4. The molecule has 2 heterocycles. The highest BCUT2D eigenvalue weighted by Gasteiger charge is 2.45. The second-order valence-corrected chi connectivity index (χ2v) is 7.04. The summed E-state index contributed by atoms with van der Waals surface area (Å²) in [6, 6.07) is 16.7. The Labute approximate surface area is 161 Å². The molecule has 1 fully saturated rings. The highest BCUT2D eigenvalue weighted by molar-refractivity contribution is 5.56. The Morgan fingerprint density at radius 2 is 1.93 bits per heavy atom. The summed E-state index contributed by atoms with van der Waals surface area (Å²) in [5.74, 6) is 1.37. The van der Waals surface area contributed by atoms with Crippen molar-refractivity contribution in [1.29, 1.82) is 0 Å². The molecule has 0 spiro atoms. The van der Waals surface area contributed by atoms with E-state index in [1.807, 2.05) is 18.2 Å². The van der Waals surface area contributed by atoms with E-state index in [4.69, 9.17) is 14.3 Å². The van der Waals surface area contributed by atoms with Gasteiger partial charge in [-0.05, 0) is 24.1 Å². The number of benzene rings is 2. The Morgan fingerprint density at radius 1 is 1.21 bits per heavy atom. The Balaban J connectivity index is 0.000000330. The highest BCUT2D eigenvalue weighted by Crippen LogP contribution is 2.43. The minimum atomic E-state index is -4.64. The zero-order valence-corrected chi connectivity index (χ0v) is 15.5. The number of nitrogens with one attached hydrogen (secondary N) is 1. The number of carbonyl (C=O) groups is 1. The van der Waals surface area contributed by atoms with Crippen molar-refractivity contribution in [3.63, 3.8) is 0 Å². The smallest absolute Gasteiger partial charge is 0.446 e. The number of rotatable bonds is 3. The van der Waals surface area contributed by atoms with Crippen LogP contribution < -0.4 is 10.1 Å². The van der Waals surface area contributed by atoms with E-state index in [1.54, 1.807) is 0 Å². The summed E-state index contributed by atoms with van der Waals surface area (Å²) >= 11 is 0. The second kappa shape index (κ2) is 8.32. The van der Waals surface area contributed by atoms with Gasteiger partial charge in [0.1, 0.15) is 12.4 Å². The second-order valence-electron chi connectivity index (χ2n) is 7.04. The van der Waals surface area contributed by atoms with Gasteiger partial charge in [0.2, 0.25) is 6.29 Å². The van der Waals surface area contributed by atoms with Crippen LogP contribution in [-0.2, 0) is 22.7 Å². The molecule has 0 amide bonds. The van der Waals surface area contributed by atoms with E-state index < -0.39 is 12.5 Å². The van der Waals surface area contributed by atoms with Gasteiger partial charge in [-0.1, -0.05) is 42.5 Å². The minimum absolute atomic E-state index is 0.0783. The van der Waals surface area contributed by atoms with Crippen LogP contribution in [0.2, 0.25) is 0 Å². The number of ether oxygens (including phenoxy) is 2. The van der Waals surface area contributed by atoms with Crippen LogP contribution in [0.5, 0.6) is 5.75 Å². The van der Waals surface area contributed by atoms with Crippen LogP contribution in [-0.4, -0.2) is 31.2 Å². The molecule has 2 aliphatic rings. The average molecular weight is 393 g/mol. The first-order valence-electron chi connectivity index (χ1n) is 8.98. The molecule has 0 aromatic heterocycles. The van der Waals surface area contributed by atoms with E-state index >= 15 is 0 Å². The average Bonchev–Trinajstić information content (AvgIpc) is 3.09. The standard InChI is InChI=1S/C19H21NO2.C2HF3O/c1-19-13-20-10-17(19)15-8-5-9-18(16(15)12-22-19)21-11-14-6-3-2-4-7-14;3-2(4,5)1-6/h2-9,17,20H,10-13H2,1H3;1H/t17-,19+;/m1./s1. The Kier molecular flexibility index (Phi) is 6.05. The fraction of sp³-hybridized carbons (Fsp3) is 0.381. The lowest BCUT2D eigenvalue weighted by atomic mass is 9.81. The predicted molar refractivity (Wildman–Crippen MR) is 98.1 cm³/mol. The maximum atomic E-state index is 10.4. The molecule has 150 valence electrons. The van der Waals surface area contributed by atoms with Gasteiger partial charge < -0.3 is 14.8 Å². The first-order valence-corrected chi connectivity index (χ1v) is 8.98. The Morgan fingerprint density at radius 3 is 2.61 bits per heavy atom. The van der Waals surface area contributed by atoms with Gasteiger partial charge in [0.15, 0.2) is 0 Å². The number of aldehydes is 1. The molecule has 2 atom stereocenters. The Bertz CT molecular complexity index is 810. The predicted octanol–water partition coefficient (Wildman–Crippen LogP) is 3.99. The quantitative estimate of drug-likeness (QED) is 0.802. The number of fused-ring (bicyclic) bond motifs is 3. The molecule has 28 heavy (non-hydrogen) atoms. The van der Waals surface area contributed by atoms with Crippen LogP contribution in [0.3, 0.4) is 0 Å². The van der Waals surface area contributed by atoms with E-state index in [1.165, 1.54) is 16.7 Å². The summed E-state index contributed by atoms with van der Waals surface area (Å²) in [4.78, 5) is 8.70. The lowest BCUT2D eigenvalue weighted by Gasteiger charge is -2.37. The van der Waals surface area contributed by atoms with Crippen LogP contribution in [0.1, 0.15) is 29.5 Å². The molecule has 1 N–H and O–H groups in total. The van der Waals surface area contributed by atoms with E-state index in [-0.39, 0.29) is 5.60 Å². The summed E-state index contributed by atoms with van der Waals surface area (Å²) in [6.45, 7) is 5.34. The van der Waals surface area contributed by atoms with Gasteiger partial charge in [0.25, 0.3) is 0 Å². The van der Waals surface area contributed by atoms with Crippen molar-refractivity contribution in [2.45, 2.75) is 37.8 Å². The van der Waals surface area contributed by atoms with Gasteiger partial charge in [0.05, 0.1) is 12.2 Å². The lowest BCUT2D eigenvalue weighted by molar-refractivity contribution is -0.156. The molecule has 0 radical (unpaired) electrons. The van der Waals surface area contributed by atoms with Crippen molar-refractivity contribution in [1.82, 2.24) is 5.32 Å². The molecule has 4 rings (SSSR count). The van der Waals surface area contributed by atoms with Crippen molar-refractivity contribution in [2.24, 2.45) is 0 Å². The maximum Gasteiger partial charge on any atom is 0.446 e. The topological polar surface area (TPSA) is 47.6 Å². The molecule has 0 unspecified atom stereocenters. The van der Waals surface area contributed by atoms with Crippen LogP contribution in [0, 0.1) is 0 Å². The maximum absolute atomic E-state index is 10.4. The van der Waals surface area contributed by atoms with E-state index in [2.05, 4.69) is 42.6 Å². The molecule has 4 nitrogen and oxygen atoms in total. The number of hydrogen-bond donors (Lipinski definition) is 1. The molecule has 0 bridgehead atoms. The molecule has 0 saturated carbocycles. The molecule has 7 heteroatoms. The molecule has 2 aromatic rings. The zero-order valence-electron chi connectivity index (χ0n) is 15.5. The van der Waals surface area contributed by atoms with Gasteiger partial charge in [-0.25, -0.2) is 0 Å². The summed E-state index contributed by atoms with van der Waals surface area (Å²) in [7, 11) is 0. The first kappa shape index (κ1) is 20.4. The minimum Gasteiger partial charge on any atom is -0.489 e. The van der Waals surface area contributed by atoms with Gasteiger partial charge in [-0.2, -0.15) is 13.2 Å². The molecule has 2 aromatic carbocycles. The largest absolute Gasteiger partial charge is 0.489 e. The van der Waals surface area contributed by atoms with Gasteiger partial charge in [-0.3, -0.25) is 4.79 Å². The lowest BCUT2D eigenvalue weighted by Crippen LogP contribution is -2.39.